The number of carbonyl (C=O) groups excluding carboxylic acids is 1. The van der Waals surface area contributed by atoms with Crippen molar-refractivity contribution in [1.29, 1.82) is 0 Å². The van der Waals surface area contributed by atoms with Crippen molar-refractivity contribution in [2.45, 2.75) is 19.8 Å². The molecule has 0 saturated carbocycles. The van der Waals surface area contributed by atoms with Gasteiger partial charge in [-0.15, -0.1) is 0 Å². The highest BCUT2D eigenvalue weighted by molar-refractivity contribution is 5.92. The van der Waals surface area contributed by atoms with Gasteiger partial charge in [-0.1, -0.05) is 6.92 Å². The summed E-state index contributed by atoms with van der Waals surface area (Å²) in [5, 5.41) is 3.39. The molecule has 1 fully saturated rings. The Kier molecular flexibility index (Phi) is 4.42. The Balaban J connectivity index is 1.86. The van der Waals surface area contributed by atoms with E-state index >= 15 is 0 Å². The lowest BCUT2D eigenvalue weighted by Gasteiger charge is -2.32. The quantitative estimate of drug-likeness (QED) is 0.878. The minimum absolute atomic E-state index is 0.171. The van der Waals surface area contributed by atoms with Crippen LogP contribution in [0.3, 0.4) is 0 Å². The molecule has 1 aromatic rings. The van der Waals surface area contributed by atoms with E-state index in [4.69, 9.17) is 0 Å². The molecular weight excluding hydrogens is 226 g/mol. The van der Waals surface area contributed by atoms with Crippen molar-refractivity contribution in [3.63, 3.8) is 0 Å². The molecule has 1 amide bonds. The van der Waals surface area contributed by atoms with Gasteiger partial charge in [-0.3, -0.25) is 4.79 Å². The minimum Gasteiger partial charge on any atom is -0.347 e. The van der Waals surface area contributed by atoms with Crippen molar-refractivity contribution in [3.8, 4) is 0 Å². The van der Waals surface area contributed by atoms with Crippen molar-refractivity contribution in [1.82, 2.24) is 14.8 Å². The summed E-state index contributed by atoms with van der Waals surface area (Å²) in [6.45, 7) is 6.03. The fraction of sp³-hybridized carbons (Fsp3) is 0.643. The number of carbonyl (C=O) groups is 1. The molecule has 4 heteroatoms. The first-order chi connectivity index (χ1) is 8.72. The molecule has 18 heavy (non-hydrogen) atoms. The number of piperidine rings is 1. The average Bonchev–Trinajstić information content (AvgIpc) is 2.82. The smallest absolute Gasteiger partial charge is 0.270 e. The summed E-state index contributed by atoms with van der Waals surface area (Å²) in [5.74, 6) is 0.895. The number of amides is 1. The van der Waals surface area contributed by atoms with Crippen molar-refractivity contribution in [2.75, 3.05) is 26.2 Å². The molecule has 1 aromatic heterocycles. The van der Waals surface area contributed by atoms with Gasteiger partial charge in [0.1, 0.15) is 5.69 Å². The molecule has 0 unspecified atom stereocenters. The second-order valence-electron chi connectivity index (χ2n) is 5.05. The van der Waals surface area contributed by atoms with Gasteiger partial charge in [-0.25, -0.2) is 0 Å². The van der Waals surface area contributed by atoms with E-state index in [0.29, 0.717) is 0 Å². The number of hydrogen-bond acceptors (Lipinski definition) is 2. The van der Waals surface area contributed by atoms with Gasteiger partial charge in [0.2, 0.25) is 0 Å². The summed E-state index contributed by atoms with van der Waals surface area (Å²) in [4.78, 5) is 14.3. The maximum Gasteiger partial charge on any atom is 0.270 e. The van der Waals surface area contributed by atoms with E-state index in [1.165, 1.54) is 0 Å². The monoisotopic (exact) mass is 249 g/mol. The molecule has 100 valence electrons. The maximum atomic E-state index is 12.3. The molecule has 0 aliphatic carbocycles. The van der Waals surface area contributed by atoms with E-state index in [1.807, 2.05) is 34.8 Å². The van der Waals surface area contributed by atoms with Crippen LogP contribution in [-0.2, 0) is 7.05 Å². The Hall–Kier alpha value is -1.29. The molecule has 2 rings (SSSR count). The molecule has 1 aliphatic heterocycles. The molecule has 1 N–H and O–H groups in total. The predicted molar refractivity (Wildman–Crippen MR) is 72.6 cm³/mol. The Morgan fingerprint density at radius 1 is 1.44 bits per heavy atom. The molecule has 0 bridgehead atoms. The van der Waals surface area contributed by atoms with Crippen LogP contribution in [-0.4, -0.2) is 41.6 Å². The van der Waals surface area contributed by atoms with Crippen LogP contribution in [0.4, 0.5) is 0 Å². The third-order valence-electron chi connectivity index (χ3n) is 3.75. The topological polar surface area (TPSA) is 37.3 Å². The highest BCUT2D eigenvalue weighted by atomic mass is 16.2. The molecule has 1 aliphatic rings. The third kappa shape index (κ3) is 2.93. The molecule has 0 aromatic carbocycles. The van der Waals surface area contributed by atoms with Gasteiger partial charge in [0, 0.05) is 26.3 Å². The lowest BCUT2D eigenvalue weighted by atomic mass is 9.96. The highest BCUT2D eigenvalue weighted by Crippen LogP contribution is 2.18. The van der Waals surface area contributed by atoms with Gasteiger partial charge < -0.3 is 14.8 Å². The van der Waals surface area contributed by atoms with E-state index in [9.17, 15) is 4.79 Å². The average molecular weight is 249 g/mol. The Morgan fingerprint density at radius 2 is 2.17 bits per heavy atom. The third-order valence-corrected chi connectivity index (χ3v) is 3.75. The SMILES string of the molecule is CCNCC1CCN(C(=O)c2cccn2C)CC1. The van der Waals surface area contributed by atoms with Crippen LogP contribution in [0.1, 0.15) is 30.3 Å². The van der Waals surface area contributed by atoms with Crippen LogP contribution < -0.4 is 5.32 Å². The molecule has 1 saturated heterocycles. The molecular formula is C14H23N3O. The van der Waals surface area contributed by atoms with Crippen LogP contribution in [0.15, 0.2) is 18.3 Å². The molecule has 0 radical (unpaired) electrons. The number of rotatable bonds is 4. The van der Waals surface area contributed by atoms with Crippen LogP contribution in [0.2, 0.25) is 0 Å². The number of aryl methyl sites for hydroxylation is 1. The van der Waals surface area contributed by atoms with Gasteiger partial charge in [0.05, 0.1) is 0 Å². The first-order valence-corrected chi connectivity index (χ1v) is 6.83. The Bertz CT molecular complexity index is 391. The van der Waals surface area contributed by atoms with Crippen molar-refractivity contribution in [2.24, 2.45) is 13.0 Å². The second kappa shape index (κ2) is 6.05. The largest absolute Gasteiger partial charge is 0.347 e. The summed E-state index contributed by atoms with van der Waals surface area (Å²) in [6.07, 6.45) is 4.15. The molecule has 2 heterocycles. The van der Waals surface area contributed by atoms with Crippen molar-refractivity contribution >= 4 is 5.91 Å². The lowest BCUT2D eigenvalue weighted by Crippen LogP contribution is -2.41. The number of likely N-dealkylation sites (tertiary alicyclic amines) is 1. The minimum atomic E-state index is 0.171. The number of nitrogens with zero attached hydrogens (tertiary/aromatic N) is 2. The van der Waals surface area contributed by atoms with Gasteiger partial charge in [0.25, 0.3) is 5.91 Å². The Morgan fingerprint density at radius 3 is 2.72 bits per heavy atom. The summed E-state index contributed by atoms with van der Waals surface area (Å²) in [5.41, 5.74) is 0.792. The summed E-state index contributed by atoms with van der Waals surface area (Å²) >= 11 is 0. The van der Waals surface area contributed by atoms with E-state index in [1.54, 1.807) is 0 Å². The fourth-order valence-corrected chi connectivity index (χ4v) is 2.53. The van der Waals surface area contributed by atoms with E-state index in [0.717, 1.165) is 50.6 Å². The van der Waals surface area contributed by atoms with Gasteiger partial charge in [-0.2, -0.15) is 0 Å². The zero-order chi connectivity index (χ0) is 13.0. The van der Waals surface area contributed by atoms with Crippen LogP contribution in [0.25, 0.3) is 0 Å². The first-order valence-electron chi connectivity index (χ1n) is 6.83. The van der Waals surface area contributed by atoms with E-state index < -0.39 is 0 Å². The zero-order valence-corrected chi connectivity index (χ0v) is 11.4. The number of nitrogens with one attached hydrogen (secondary N) is 1. The molecule has 0 spiro atoms. The van der Waals surface area contributed by atoms with Crippen LogP contribution in [0, 0.1) is 5.92 Å². The van der Waals surface area contributed by atoms with E-state index in [2.05, 4.69) is 12.2 Å². The van der Waals surface area contributed by atoms with Gasteiger partial charge in [-0.05, 0) is 44.0 Å². The van der Waals surface area contributed by atoms with Crippen LogP contribution >= 0.6 is 0 Å². The predicted octanol–water partition coefficient (Wildman–Crippen LogP) is 1.49. The van der Waals surface area contributed by atoms with Crippen molar-refractivity contribution in [3.05, 3.63) is 24.0 Å². The van der Waals surface area contributed by atoms with Crippen molar-refractivity contribution < 1.29 is 4.79 Å². The summed E-state index contributed by atoms with van der Waals surface area (Å²) in [6, 6.07) is 3.82. The maximum absolute atomic E-state index is 12.3. The lowest BCUT2D eigenvalue weighted by molar-refractivity contribution is 0.0680. The summed E-state index contributed by atoms with van der Waals surface area (Å²) in [7, 11) is 1.92. The fourth-order valence-electron chi connectivity index (χ4n) is 2.53. The van der Waals surface area contributed by atoms with Gasteiger partial charge in [0.15, 0.2) is 0 Å². The number of hydrogen-bond donors (Lipinski definition) is 1. The Labute approximate surface area is 109 Å². The normalized spacial score (nSPS) is 17.1. The number of aromatic nitrogens is 1. The zero-order valence-electron chi connectivity index (χ0n) is 11.4. The second-order valence-corrected chi connectivity index (χ2v) is 5.05. The highest BCUT2D eigenvalue weighted by Gasteiger charge is 2.24. The van der Waals surface area contributed by atoms with Crippen LogP contribution in [0.5, 0.6) is 0 Å². The molecule has 0 atom stereocenters. The molecule has 4 nitrogen and oxygen atoms in total. The summed E-state index contributed by atoms with van der Waals surface area (Å²) < 4.78 is 1.90. The van der Waals surface area contributed by atoms with Gasteiger partial charge >= 0.3 is 0 Å². The first kappa shape index (κ1) is 13.1. The van der Waals surface area contributed by atoms with E-state index in [-0.39, 0.29) is 5.91 Å². The standard InChI is InChI=1S/C14H23N3O/c1-3-15-11-12-6-9-17(10-7-12)14(18)13-5-4-8-16(13)2/h4-5,8,12,15H,3,6-7,9-11H2,1-2H3.